The van der Waals surface area contributed by atoms with E-state index in [0.29, 0.717) is 6.41 Å². The van der Waals surface area contributed by atoms with Gasteiger partial charge in [0.05, 0.1) is 6.21 Å². The molecule has 0 saturated heterocycles. The van der Waals surface area contributed by atoms with Crippen LogP contribution in [-0.4, -0.2) is 12.6 Å². The van der Waals surface area contributed by atoms with Crippen LogP contribution in [-0.2, 0) is 4.79 Å². The predicted molar refractivity (Wildman–Crippen MR) is 52.7 cm³/mol. The number of rotatable bonds is 3. The number of hydrazone groups is 1. The molecule has 1 aromatic carbocycles. The minimum atomic E-state index is 0.539. The van der Waals surface area contributed by atoms with Crippen molar-refractivity contribution in [3.8, 4) is 0 Å². The molecule has 0 bridgehead atoms. The molecule has 0 saturated carbocycles. The number of carbonyl (C=O) groups excluding carboxylic acids is 1. The van der Waals surface area contributed by atoms with E-state index >= 15 is 0 Å². The second-order valence-corrected chi connectivity index (χ2v) is 2.85. The highest BCUT2D eigenvalue weighted by Crippen LogP contribution is 2.07. The Morgan fingerprint density at radius 2 is 2.08 bits per heavy atom. The van der Waals surface area contributed by atoms with E-state index < -0.39 is 0 Å². The Kier molecular flexibility index (Phi) is 3.20. The van der Waals surface area contributed by atoms with Crippen LogP contribution in [0.25, 0.3) is 0 Å². The Morgan fingerprint density at radius 1 is 1.31 bits per heavy atom. The van der Waals surface area contributed by atoms with E-state index in [0.717, 1.165) is 5.56 Å². The Morgan fingerprint density at radius 3 is 2.69 bits per heavy atom. The van der Waals surface area contributed by atoms with Crippen molar-refractivity contribution in [3.05, 3.63) is 34.9 Å². The Hall–Kier alpha value is -1.64. The summed E-state index contributed by atoms with van der Waals surface area (Å²) in [4.78, 5) is 9.89. The normalized spacial score (nSPS) is 10.3. The number of nitrogens with one attached hydrogen (secondary N) is 1. The number of hydrogen-bond acceptors (Lipinski definition) is 2. The van der Waals surface area contributed by atoms with Gasteiger partial charge in [0, 0.05) is 0 Å². The first kappa shape index (κ1) is 9.45. The summed E-state index contributed by atoms with van der Waals surface area (Å²) in [5.74, 6) is 0. The number of carbonyl (C=O) groups is 1. The average Bonchev–Trinajstić information content (AvgIpc) is 2.12. The molecule has 1 N–H and O–H groups in total. The van der Waals surface area contributed by atoms with Crippen molar-refractivity contribution in [1.82, 2.24) is 5.43 Å². The van der Waals surface area contributed by atoms with Gasteiger partial charge >= 0.3 is 0 Å². The maximum Gasteiger partial charge on any atom is 0.227 e. The molecular formula is C10H12N2O. The van der Waals surface area contributed by atoms with Gasteiger partial charge in [0.15, 0.2) is 0 Å². The van der Waals surface area contributed by atoms with E-state index in [9.17, 15) is 4.79 Å². The van der Waals surface area contributed by atoms with Gasteiger partial charge in [-0.25, -0.2) is 5.43 Å². The molecule has 1 rings (SSSR count). The minimum Gasteiger partial charge on any atom is -0.277 e. The molecule has 13 heavy (non-hydrogen) atoms. The van der Waals surface area contributed by atoms with Crippen molar-refractivity contribution in [1.29, 1.82) is 0 Å². The molecule has 0 atom stereocenters. The van der Waals surface area contributed by atoms with Gasteiger partial charge in [-0.05, 0) is 30.5 Å². The Balaban J connectivity index is 2.79. The van der Waals surface area contributed by atoms with Crippen LogP contribution in [0.15, 0.2) is 23.3 Å². The zero-order valence-electron chi connectivity index (χ0n) is 7.74. The fraction of sp³-hybridized carbons (Fsp3) is 0.200. The molecule has 0 unspecified atom stereocenters. The molecule has 0 aliphatic heterocycles. The third kappa shape index (κ3) is 2.71. The van der Waals surface area contributed by atoms with Crippen molar-refractivity contribution >= 4 is 12.6 Å². The number of hydrogen-bond donors (Lipinski definition) is 1. The number of nitrogens with zero attached hydrogens (tertiary/aromatic N) is 1. The second-order valence-electron chi connectivity index (χ2n) is 2.85. The van der Waals surface area contributed by atoms with Gasteiger partial charge in [-0.1, -0.05) is 18.2 Å². The van der Waals surface area contributed by atoms with E-state index in [-0.39, 0.29) is 0 Å². The molecule has 1 aromatic rings. The molecule has 3 nitrogen and oxygen atoms in total. The molecule has 0 spiro atoms. The van der Waals surface area contributed by atoms with Gasteiger partial charge in [-0.2, -0.15) is 5.10 Å². The smallest absolute Gasteiger partial charge is 0.227 e. The van der Waals surface area contributed by atoms with Crippen LogP contribution in [0.2, 0.25) is 0 Å². The molecule has 0 aliphatic rings. The summed E-state index contributed by atoms with van der Waals surface area (Å²) in [7, 11) is 0. The summed E-state index contributed by atoms with van der Waals surface area (Å²) in [6.45, 7) is 4.10. The lowest BCUT2D eigenvalue weighted by Crippen LogP contribution is -2.00. The van der Waals surface area contributed by atoms with Crippen LogP contribution in [0.3, 0.4) is 0 Å². The standard InChI is InChI=1S/C10H12N2O/c1-8-3-4-10(5-9(8)2)6-11-12-7-13/h3-7H,1-2H3,(H,12,13)/b11-6+. The predicted octanol–water partition coefficient (Wildman–Crippen LogP) is 1.38. The monoisotopic (exact) mass is 176 g/mol. The van der Waals surface area contributed by atoms with Crippen LogP contribution in [0, 0.1) is 13.8 Å². The van der Waals surface area contributed by atoms with Crippen LogP contribution in [0.1, 0.15) is 16.7 Å². The number of amides is 1. The van der Waals surface area contributed by atoms with Crippen LogP contribution in [0.4, 0.5) is 0 Å². The second kappa shape index (κ2) is 4.40. The first-order valence-electron chi connectivity index (χ1n) is 4.03. The Bertz CT molecular complexity index is 332. The summed E-state index contributed by atoms with van der Waals surface area (Å²) in [5.41, 5.74) is 5.67. The number of benzene rings is 1. The molecule has 0 radical (unpaired) electrons. The van der Waals surface area contributed by atoms with Gasteiger partial charge in [0.1, 0.15) is 0 Å². The fourth-order valence-electron chi connectivity index (χ4n) is 0.987. The maximum atomic E-state index is 9.89. The van der Waals surface area contributed by atoms with Crippen molar-refractivity contribution in [2.75, 3.05) is 0 Å². The van der Waals surface area contributed by atoms with E-state index in [1.165, 1.54) is 11.1 Å². The van der Waals surface area contributed by atoms with Crippen molar-refractivity contribution < 1.29 is 4.79 Å². The largest absolute Gasteiger partial charge is 0.277 e. The highest BCUT2D eigenvalue weighted by atomic mass is 16.1. The zero-order valence-corrected chi connectivity index (χ0v) is 7.74. The first-order chi connectivity index (χ1) is 6.24. The zero-order chi connectivity index (χ0) is 9.68. The third-order valence-corrected chi connectivity index (χ3v) is 1.87. The lowest BCUT2D eigenvalue weighted by Gasteiger charge is -1.99. The molecule has 0 aliphatic carbocycles. The molecule has 68 valence electrons. The van der Waals surface area contributed by atoms with Crippen molar-refractivity contribution in [3.63, 3.8) is 0 Å². The molecule has 3 heteroatoms. The van der Waals surface area contributed by atoms with E-state index in [4.69, 9.17) is 0 Å². The fourth-order valence-corrected chi connectivity index (χ4v) is 0.987. The average molecular weight is 176 g/mol. The topological polar surface area (TPSA) is 41.5 Å². The van der Waals surface area contributed by atoms with Crippen LogP contribution >= 0.6 is 0 Å². The highest BCUT2D eigenvalue weighted by Gasteiger charge is 1.92. The van der Waals surface area contributed by atoms with Crippen LogP contribution in [0.5, 0.6) is 0 Å². The van der Waals surface area contributed by atoms with Crippen molar-refractivity contribution in [2.45, 2.75) is 13.8 Å². The van der Waals surface area contributed by atoms with E-state index in [1.807, 2.05) is 25.1 Å². The lowest BCUT2D eigenvalue weighted by atomic mass is 10.1. The summed E-state index contributed by atoms with van der Waals surface area (Å²) in [5, 5.41) is 3.69. The van der Waals surface area contributed by atoms with E-state index in [2.05, 4.69) is 17.5 Å². The lowest BCUT2D eigenvalue weighted by molar-refractivity contribution is -0.109. The molecular weight excluding hydrogens is 164 g/mol. The SMILES string of the molecule is Cc1ccc(/C=N/NC=O)cc1C. The summed E-state index contributed by atoms with van der Waals surface area (Å²) < 4.78 is 0. The number of aryl methyl sites for hydroxylation is 2. The van der Waals surface area contributed by atoms with Crippen molar-refractivity contribution in [2.24, 2.45) is 5.10 Å². The molecule has 0 aromatic heterocycles. The van der Waals surface area contributed by atoms with E-state index in [1.54, 1.807) is 6.21 Å². The summed E-state index contributed by atoms with van der Waals surface area (Å²) in [6, 6.07) is 6.00. The summed E-state index contributed by atoms with van der Waals surface area (Å²) in [6.07, 6.45) is 2.15. The first-order valence-corrected chi connectivity index (χ1v) is 4.03. The highest BCUT2D eigenvalue weighted by molar-refractivity contribution is 5.80. The third-order valence-electron chi connectivity index (χ3n) is 1.87. The van der Waals surface area contributed by atoms with Gasteiger partial charge in [-0.3, -0.25) is 4.79 Å². The minimum absolute atomic E-state index is 0.539. The maximum absolute atomic E-state index is 9.89. The summed E-state index contributed by atoms with van der Waals surface area (Å²) >= 11 is 0. The molecule has 0 fully saturated rings. The van der Waals surface area contributed by atoms with Crippen LogP contribution < -0.4 is 5.43 Å². The van der Waals surface area contributed by atoms with Gasteiger partial charge in [-0.15, -0.1) is 0 Å². The molecule has 0 heterocycles. The van der Waals surface area contributed by atoms with Gasteiger partial charge in [0.25, 0.3) is 0 Å². The van der Waals surface area contributed by atoms with Gasteiger partial charge in [0.2, 0.25) is 6.41 Å². The quantitative estimate of drug-likeness (QED) is 0.422. The Labute approximate surface area is 77.5 Å². The molecule has 1 amide bonds. The van der Waals surface area contributed by atoms with Gasteiger partial charge < -0.3 is 0 Å².